The predicted molar refractivity (Wildman–Crippen MR) is 92.2 cm³/mol. The smallest absolute Gasteiger partial charge is 0.146 e. The first-order valence-electron chi connectivity index (χ1n) is 8.28. The molecule has 1 rings (SSSR count). The molecule has 2 atom stereocenters. The van der Waals surface area contributed by atoms with Crippen molar-refractivity contribution in [2.45, 2.75) is 67.2 Å². The highest BCUT2D eigenvalue weighted by atomic mass is 16.1. The first kappa shape index (κ1) is 17.9. The van der Waals surface area contributed by atoms with E-state index in [4.69, 9.17) is 0 Å². The molecule has 0 aromatic carbocycles. The number of aldehydes is 1. The van der Waals surface area contributed by atoms with Crippen LogP contribution in [0, 0.1) is 17.3 Å². The molecule has 0 saturated carbocycles. The van der Waals surface area contributed by atoms with Gasteiger partial charge < -0.3 is 0 Å². The summed E-state index contributed by atoms with van der Waals surface area (Å²) in [6, 6.07) is 0. The van der Waals surface area contributed by atoms with Gasteiger partial charge in [-0.2, -0.15) is 0 Å². The second-order valence-corrected chi connectivity index (χ2v) is 7.42. The van der Waals surface area contributed by atoms with E-state index in [0.717, 1.165) is 30.6 Å². The number of hydrogen-bond acceptors (Lipinski definition) is 1. The summed E-state index contributed by atoms with van der Waals surface area (Å²) in [5.74, 6) is 1.18. The first-order valence-corrected chi connectivity index (χ1v) is 8.28. The third-order valence-corrected chi connectivity index (χ3v) is 4.87. The average Bonchev–Trinajstić information content (AvgIpc) is 2.37. The minimum absolute atomic E-state index is 0.0125. The second kappa shape index (κ2) is 7.77. The Morgan fingerprint density at radius 1 is 1.33 bits per heavy atom. The van der Waals surface area contributed by atoms with Crippen molar-refractivity contribution in [1.29, 1.82) is 0 Å². The molecule has 0 bridgehead atoms. The minimum atomic E-state index is -0.0125. The fourth-order valence-corrected chi connectivity index (χ4v) is 3.40. The minimum Gasteiger partial charge on any atom is -0.298 e. The van der Waals surface area contributed by atoms with Gasteiger partial charge in [0.1, 0.15) is 6.29 Å². The van der Waals surface area contributed by atoms with Crippen molar-refractivity contribution in [2.24, 2.45) is 17.3 Å². The largest absolute Gasteiger partial charge is 0.298 e. The molecule has 0 amide bonds. The van der Waals surface area contributed by atoms with Crippen molar-refractivity contribution >= 4 is 6.29 Å². The molecule has 0 N–H and O–H groups in total. The van der Waals surface area contributed by atoms with Gasteiger partial charge in [0, 0.05) is 5.41 Å². The molecule has 1 aliphatic carbocycles. The Morgan fingerprint density at radius 2 is 2.00 bits per heavy atom. The van der Waals surface area contributed by atoms with Gasteiger partial charge in [0.2, 0.25) is 0 Å². The molecule has 1 nitrogen and oxygen atoms in total. The topological polar surface area (TPSA) is 17.1 Å². The van der Waals surface area contributed by atoms with Crippen molar-refractivity contribution in [3.8, 4) is 0 Å². The summed E-state index contributed by atoms with van der Waals surface area (Å²) in [6.45, 7) is 13.3. The van der Waals surface area contributed by atoms with Crippen LogP contribution >= 0.6 is 0 Å². The molecular formula is C20H32O. The van der Waals surface area contributed by atoms with Crippen LogP contribution in [0.3, 0.4) is 0 Å². The lowest BCUT2D eigenvalue weighted by Crippen LogP contribution is -2.33. The quantitative estimate of drug-likeness (QED) is 0.422. The van der Waals surface area contributed by atoms with E-state index < -0.39 is 0 Å². The summed E-state index contributed by atoms with van der Waals surface area (Å²) in [6.07, 6.45) is 12.1. The van der Waals surface area contributed by atoms with Gasteiger partial charge in [-0.1, -0.05) is 63.0 Å². The zero-order valence-electron chi connectivity index (χ0n) is 14.7. The molecule has 0 heterocycles. The maximum Gasteiger partial charge on any atom is 0.146 e. The maximum absolute atomic E-state index is 11.5. The highest BCUT2D eigenvalue weighted by Crippen LogP contribution is 2.47. The van der Waals surface area contributed by atoms with Crippen LogP contribution in [0.4, 0.5) is 0 Å². The van der Waals surface area contributed by atoms with E-state index in [1.54, 1.807) is 0 Å². The first-order chi connectivity index (χ1) is 9.81. The highest BCUT2D eigenvalue weighted by Gasteiger charge is 2.38. The van der Waals surface area contributed by atoms with Crippen molar-refractivity contribution < 1.29 is 4.79 Å². The van der Waals surface area contributed by atoms with Crippen molar-refractivity contribution in [3.05, 3.63) is 34.9 Å². The fourth-order valence-electron chi connectivity index (χ4n) is 3.40. The van der Waals surface area contributed by atoms with E-state index in [0.29, 0.717) is 5.92 Å². The van der Waals surface area contributed by atoms with Crippen LogP contribution in [0.5, 0.6) is 0 Å². The van der Waals surface area contributed by atoms with Gasteiger partial charge in [0.15, 0.2) is 0 Å². The van der Waals surface area contributed by atoms with Gasteiger partial charge in [-0.05, 0) is 51.0 Å². The Balaban J connectivity index is 2.99. The second-order valence-electron chi connectivity index (χ2n) is 7.42. The van der Waals surface area contributed by atoms with E-state index in [1.165, 1.54) is 24.0 Å². The summed E-state index contributed by atoms with van der Waals surface area (Å²) < 4.78 is 0. The standard InChI is InChI=1S/C20H32O/c1-15(2)8-7-13-20(6)18(14-21)11-10-17(5)19(20)12-9-16(3)4/h9-11,14-15,19H,7-8,12-13H2,1-6H3. The molecule has 0 radical (unpaired) electrons. The zero-order valence-corrected chi connectivity index (χ0v) is 14.7. The molecule has 0 aromatic heterocycles. The number of allylic oxidation sites excluding steroid dienone is 6. The molecule has 0 aromatic rings. The molecule has 1 aliphatic rings. The molecule has 21 heavy (non-hydrogen) atoms. The zero-order chi connectivity index (χ0) is 16.0. The van der Waals surface area contributed by atoms with E-state index >= 15 is 0 Å². The molecule has 118 valence electrons. The molecule has 0 aliphatic heterocycles. The van der Waals surface area contributed by atoms with Crippen molar-refractivity contribution in [2.75, 3.05) is 0 Å². The number of carbonyl (C=O) groups is 1. The van der Waals surface area contributed by atoms with Gasteiger partial charge in [-0.25, -0.2) is 0 Å². The Morgan fingerprint density at radius 3 is 2.52 bits per heavy atom. The third-order valence-electron chi connectivity index (χ3n) is 4.87. The number of hydrogen-bond donors (Lipinski definition) is 0. The molecule has 1 heteroatoms. The van der Waals surface area contributed by atoms with Crippen LogP contribution in [0.1, 0.15) is 67.2 Å². The highest BCUT2D eigenvalue weighted by molar-refractivity contribution is 5.77. The van der Waals surface area contributed by atoms with Crippen LogP contribution < -0.4 is 0 Å². The Hall–Kier alpha value is -1.11. The summed E-state index contributed by atoms with van der Waals surface area (Å²) in [5.41, 5.74) is 3.73. The molecule has 0 saturated heterocycles. The SMILES string of the molecule is CC(C)=CCC1C(C)=CC=C(C=O)C1(C)CCCC(C)C. The summed E-state index contributed by atoms with van der Waals surface area (Å²) >= 11 is 0. The van der Waals surface area contributed by atoms with Gasteiger partial charge >= 0.3 is 0 Å². The third kappa shape index (κ3) is 4.69. The van der Waals surface area contributed by atoms with Gasteiger partial charge in [-0.15, -0.1) is 0 Å². The van der Waals surface area contributed by atoms with E-state index in [-0.39, 0.29) is 5.41 Å². The van der Waals surface area contributed by atoms with E-state index in [2.05, 4.69) is 53.7 Å². The van der Waals surface area contributed by atoms with Gasteiger partial charge in [0.25, 0.3) is 0 Å². The fraction of sp³-hybridized carbons (Fsp3) is 0.650. The van der Waals surface area contributed by atoms with Crippen molar-refractivity contribution in [3.63, 3.8) is 0 Å². The summed E-state index contributed by atoms with van der Waals surface area (Å²) in [7, 11) is 0. The van der Waals surface area contributed by atoms with Crippen LogP contribution in [0.25, 0.3) is 0 Å². The molecule has 2 unspecified atom stereocenters. The van der Waals surface area contributed by atoms with Crippen molar-refractivity contribution in [1.82, 2.24) is 0 Å². The van der Waals surface area contributed by atoms with Crippen LogP contribution in [-0.2, 0) is 4.79 Å². The predicted octanol–water partition coefficient (Wildman–Crippen LogP) is 5.88. The van der Waals surface area contributed by atoms with E-state index in [1.807, 2.05) is 6.08 Å². The average molecular weight is 288 g/mol. The molecule has 0 spiro atoms. The normalized spacial score (nSPS) is 25.4. The lowest BCUT2D eigenvalue weighted by Gasteiger charge is -2.41. The van der Waals surface area contributed by atoms with Crippen LogP contribution in [-0.4, -0.2) is 6.29 Å². The number of carbonyl (C=O) groups excluding carboxylic acids is 1. The van der Waals surface area contributed by atoms with Crippen LogP contribution in [0.2, 0.25) is 0 Å². The van der Waals surface area contributed by atoms with Gasteiger partial charge in [-0.3, -0.25) is 4.79 Å². The monoisotopic (exact) mass is 288 g/mol. The van der Waals surface area contributed by atoms with Crippen LogP contribution in [0.15, 0.2) is 34.9 Å². The Bertz CT molecular complexity index is 446. The Kier molecular flexibility index (Phi) is 6.64. The molecule has 0 fully saturated rings. The Labute approximate surface area is 131 Å². The van der Waals surface area contributed by atoms with E-state index in [9.17, 15) is 4.79 Å². The number of rotatable bonds is 7. The summed E-state index contributed by atoms with van der Waals surface area (Å²) in [4.78, 5) is 11.5. The van der Waals surface area contributed by atoms with Gasteiger partial charge in [0.05, 0.1) is 0 Å². The lowest BCUT2D eigenvalue weighted by molar-refractivity contribution is -0.106. The maximum atomic E-state index is 11.5. The lowest BCUT2D eigenvalue weighted by atomic mass is 9.62. The summed E-state index contributed by atoms with van der Waals surface area (Å²) in [5, 5.41) is 0. The molecular weight excluding hydrogens is 256 g/mol.